The number of benzene rings is 3. The monoisotopic (exact) mass is 709 g/mol. The molecule has 1 saturated carbocycles. The number of hydrogen-bond acceptors (Lipinski definition) is 9. The third-order valence-corrected chi connectivity index (χ3v) is 10.0. The second-order valence-electron chi connectivity index (χ2n) is 14.9. The van der Waals surface area contributed by atoms with E-state index in [0.29, 0.717) is 41.8 Å². The predicted molar refractivity (Wildman–Crippen MR) is 196 cm³/mol. The Morgan fingerprint density at radius 3 is 2.06 bits per heavy atom. The minimum Gasteiger partial charge on any atom is -0.495 e. The first kappa shape index (κ1) is 35.2. The number of hydrogen-bond donors (Lipinski definition) is 2. The summed E-state index contributed by atoms with van der Waals surface area (Å²) in [5, 5.41) is 6.37. The van der Waals surface area contributed by atoms with Gasteiger partial charge in [0.25, 0.3) is 0 Å². The fraction of sp³-hybridized carbons (Fsp3) is 0.400. The number of anilines is 3. The van der Waals surface area contributed by atoms with Gasteiger partial charge in [-0.3, -0.25) is 24.3 Å². The quantitative estimate of drug-likeness (QED) is 0.136. The first-order valence-corrected chi connectivity index (χ1v) is 17.8. The van der Waals surface area contributed by atoms with Crippen molar-refractivity contribution in [3.63, 3.8) is 0 Å². The molecule has 0 atom stereocenters. The molecule has 3 aliphatic rings. The Kier molecular flexibility index (Phi) is 9.51. The Morgan fingerprint density at radius 2 is 1.48 bits per heavy atom. The molecule has 4 aromatic rings. The minimum absolute atomic E-state index is 0.0466. The lowest BCUT2D eigenvalue weighted by Crippen LogP contribution is -2.58. The van der Waals surface area contributed by atoms with Gasteiger partial charge >= 0.3 is 5.97 Å². The highest BCUT2D eigenvalue weighted by atomic mass is 19.1. The zero-order valence-electron chi connectivity index (χ0n) is 29.9. The molecular formula is C40H44FN5O6. The number of rotatable bonds is 10. The number of aromatic nitrogens is 1. The van der Waals surface area contributed by atoms with Gasteiger partial charge in [0.15, 0.2) is 0 Å². The number of halogens is 1. The van der Waals surface area contributed by atoms with E-state index in [9.17, 15) is 18.8 Å². The number of ether oxygens (including phenoxy) is 3. The Morgan fingerprint density at radius 1 is 0.865 bits per heavy atom. The smallest absolute Gasteiger partial charge is 0.312 e. The number of nitrogens with zero attached hydrogens (tertiary/aromatic N) is 3. The number of carbonyl (C=O) groups excluding carboxylic acids is 3. The lowest BCUT2D eigenvalue weighted by molar-refractivity contribution is -0.167. The first-order chi connectivity index (χ1) is 24.9. The van der Waals surface area contributed by atoms with Gasteiger partial charge in [-0.05, 0) is 113 Å². The van der Waals surface area contributed by atoms with Gasteiger partial charge in [-0.25, -0.2) is 4.39 Å². The maximum Gasteiger partial charge on any atom is 0.312 e. The summed E-state index contributed by atoms with van der Waals surface area (Å²) in [6.07, 6.45) is 4.55. The largest absolute Gasteiger partial charge is 0.495 e. The van der Waals surface area contributed by atoms with E-state index >= 15 is 0 Å². The van der Waals surface area contributed by atoms with Crippen molar-refractivity contribution in [1.82, 2.24) is 9.88 Å². The highest BCUT2D eigenvalue weighted by molar-refractivity contribution is 6.16. The van der Waals surface area contributed by atoms with Gasteiger partial charge in [-0.2, -0.15) is 0 Å². The SMILES string of the molecule is COc1cc2c(Oc3ccc(NC(=O)C4(C(=O)Nc5ccc(F)cc5)CC4)cc3)ccnc2cc1N1CCC(N2CC(C(=O)OC(C)(C)C)C2)CC1. The highest BCUT2D eigenvalue weighted by Gasteiger charge is 2.56. The van der Waals surface area contributed by atoms with E-state index < -0.39 is 22.7 Å². The molecule has 272 valence electrons. The van der Waals surface area contributed by atoms with E-state index in [2.05, 4.69) is 25.4 Å². The van der Waals surface area contributed by atoms with E-state index in [1.807, 2.05) is 32.9 Å². The van der Waals surface area contributed by atoms with Crippen LogP contribution in [0.1, 0.15) is 46.5 Å². The number of fused-ring (bicyclic) bond motifs is 1. The molecule has 1 aromatic heterocycles. The summed E-state index contributed by atoms with van der Waals surface area (Å²) in [4.78, 5) is 47.9. The summed E-state index contributed by atoms with van der Waals surface area (Å²) in [6.45, 7) is 8.93. The van der Waals surface area contributed by atoms with Crippen molar-refractivity contribution in [2.75, 3.05) is 48.8 Å². The molecule has 2 saturated heterocycles. The van der Waals surface area contributed by atoms with Crippen molar-refractivity contribution in [3.05, 3.63) is 78.7 Å². The molecule has 3 aromatic carbocycles. The summed E-state index contributed by atoms with van der Waals surface area (Å²) in [7, 11) is 1.66. The van der Waals surface area contributed by atoms with E-state index in [0.717, 1.165) is 61.4 Å². The standard InChI is InChI=1S/C40H44FN5O6/c1-39(2,3)52-36(47)25-23-46(24-25)29-14-19-45(20-15-29)33-22-32-31(21-35(33)50-4)34(13-18-42-32)51-30-11-9-28(10-12-30)44-38(49)40(16-17-40)37(48)43-27-7-5-26(41)6-8-27/h5-13,18,21-22,25,29H,14-17,19-20,23-24H2,1-4H3,(H,43,48)(H,44,49). The molecule has 7 rings (SSSR count). The fourth-order valence-electron chi connectivity index (χ4n) is 6.90. The molecule has 2 amide bonds. The molecule has 52 heavy (non-hydrogen) atoms. The van der Waals surface area contributed by atoms with Crippen LogP contribution in [0.4, 0.5) is 21.5 Å². The molecule has 3 heterocycles. The molecular weight excluding hydrogens is 665 g/mol. The average Bonchev–Trinajstić information content (AvgIpc) is 3.91. The Labute approximate surface area is 302 Å². The van der Waals surface area contributed by atoms with Gasteiger partial charge in [-0.1, -0.05) is 0 Å². The lowest BCUT2D eigenvalue weighted by atomic mass is 9.93. The summed E-state index contributed by atoms with van der Waals surface area (Å²) in [5.41, 5.74) is 1.10. The van der Waals surface area contributed by atoms with Crippen molar-refractivity contribution in [1.29, 1.82) is 0 Å². The number of amides is 2. The van der Waals surface area contributed by atoms with Crippen molar-refractivity contribution in [2.24, 2.45) is 11.3 Å². The van der Waals surface area contributed by atoms with Crippen LogP contribution in [0.15, 0.2) is 72.9 Å². The third-order valence-electron chi connectivity index (χ3n) is 10.0. The number of nitrogens with one attached hydrogen (secondary N) is 2. The van der Waals surface area contributed by atoms with Crippen LogP contribution >= 0.6 is 0 Å². The van der Waals surface area contributed by atoms with Crippen LogP contribution in [0.3, 0.4) is 0 Å². The van der Waals surface area contributed by atoms with Crippen molar-refractivity contribution < 1.29 is 33.0 Å². The zero-order valence-corrected chi connectivity index (χ0v) is 29.9. The van der Waals surface area contributed by atoms with E-state index in [1.165, 1.54) is 24.3 Å². The second-order valence-corrected chi connectivity index (χ2v) is 14.9. The van der Waals surface area contributed by atoms with Crippen LogP contribution < -0.4 is 25.0 Å². The molecule has 12 heteroatoms. The molecule has 3 fully saturated rings. The summed E-state index contributed by atoms with van der Waals surface area (Å²) >= 11 is 0. The summed E-state index contributed by atoms with van der Waals surface area (Å²) in [5.74, 6) is 0.546. The van der Waals surface area contributed by atoms with Crippen LogP contribution in [0.25, 0.3) is 10.9 Å². The van der Waals surface area contributed by atoms with Crippen LogP contribution in [-0.4, -0.2) is 72.6 Å². The van der Waals surface area contributed by atoms with Crippen LogP contribution in [-0.2, 0) is 19.1 Å². The minimum atomic E-state index is -1.16. The summed E-state index contributed by atoms with van der Waals surface area (Å²) in [6, 6.07) is 18.6. The third kappa shape index (κ3) is 7.52. The second kappa shape index (κ2) is 14.1. The van der Waals surface area contributed by atoms with Crippen molar-refractivity contribution >= 4 is 45.7 Å². The first-order valence-electron chi connectivity index (χ1n) is 17.8. The number of methoxy groups -OCH3 is 1. The normalized spacial score (nSPS) is 17.6. The number of piperidine rings is 1. The van der Waals surface area contributed by atoms with E-state index in [4.69, 9.17) is 14.2 Å². The van der Waals surface area contributed by atoms with Gasteiger partial charge in [0, 0.05) is 55.2 Å². The van der Waals surface area contributed by atoms with Gasteiger partial charge in [0.2, 0.25) is 11.8 Å². The number of carbonyl (C=O) groups is 3. The zero-order chi connectivity index (χ0) is 36.6. The molecule has 0 spiro atoms. The number of pyridine rings is 1. The molecule has 11 nitrogen and oxygen atoms in total. The maximum atomic E-state index is 13.3. The van der Waals surface area contributed by atoms with Crippen LogP contribution in [0, 0.1) is 17.2 Å². The topological polar surface area (TPSA) is 122 Å². The Bertz CT molecular complexity index is 1960. The fourth-order valence-corrected chi connectivity index (χ4v) is 6.90. The molecule has 0 bridgehead atoms. The molecule has 0 unspecified atom stereocenters. The lowest BCUT2D eigenvalue weighted by Gasteiger charge is -2.47. The number of likely N-dealkylation sites (tertiary alicyclic amines) is 1. The van der Waals surface area contributed by atoms with Crippen LogP contribution in [0.2, 0.25) is 0 Å². The van der Waals surface area contributed by atoms with Gasteiger partial charge in [0.05, 0.1) is 24.2 Å². The van der Waals surface area contributed by atoms with Gasteiger partial charge in [-0.15, -0.1) is 0 Å². The highest BCUT2D eigenvalue weighted by Crippen LogP contribution is 2.48. The van der Waals surface area contributed by atoms with E-state index in [-0.39, 0.29) is 17.8 Å². The molecule has 0 radical (unpaired) electrons. The molecule has 1 aliphatic carbocycles. The average molecular weight is 710 g/mol. The van der Waals surface area contributed by atoms with Crippen molar-refractivity contribution in [3.8, 4) is 17.2 Å². The van der Waals surface area contributed by atoms with Crippen molar-refractivity contribution in [2.45, 2.75) is 58.1 Å². The number of esters is 1. The summed E-state index contributed by atoms with van der Waals surface area (Å²) < 4.78 is 31.0. The van der Waals surface area contributed by atoms with Gasteiger partial charge < -0.3 is 29.7 Å². The van der Waals surface area contributed by atoms with E-state index in [1.54, 1.807) is 43.6 Å². The maximum absolute atomic E-state index is 13.3. The molecule has 2 aliphatic heterocycles. The Hall–Kier alpha value is -5.23. The Balaban J connectivity index is 0.962. The van der Waals surface area contributed by atoms with Crippen LogP contribution in [0.5, 0.6) is 17.2 Å². The molecule has 2 N–H and O–H groups in total. The van der Waals surface area contributed by atoms with Gasteiger partial charge in [0.1, 0.15) is 34.1 Å². The predicted octanol–water partition coefficient (Wildman–Crippen LogP) is 6.77.